The molecule has 5 nitrogen and oxygen atoms in total. The molecule has 0 fully saturated rings. The lowest BCUT2D eigenvalue weighted by molar-refractivity contribution is -0.140. The second-order valence-electron chi connectivity index (χ2n) is 3.69. The number of nitrogens with one attached hydrogen (secondary N) is 1. The molecule has 0 atom stereocenters. The van der Waals surface area contributed by atoms with Crippen molar-refractivity contribution in [1.82, 2.24) is 5.32 Å². The Morgan fingerprint density at radius 3 is 2.68 bits per heavy atom. The van der Waals surface area contributed by atoms with Crippen molar-refractivity contribution in [2.75, 3.05) is 20.8 Å². The van der Waals surface area contributed by atoms with Crippen molar-refractivity contribution in [3.05, 3.63) is 35.9 Å². The molecule has 1 aromatic carbocycles. The van der Waals surface area contributed by atoms with Crippen LogP contribution in [0.4, 0.5) is 0 Å². The normalized spacial score (nSPS) is 10.2. The third-order valence-corrected chi connectivity index (χ3v) is 2.41. The van der Waals surface area contributed by atoms with Crippen molar-refractivity contribution in [2.24, 2.45) is 0 Å². The summed E-state index contributed by atoms with van der Waals surface area (Å²) in [6, 6.07) is 7.37. The first-order valence-electron chi connectivity index (χ1n) is 5.83. The van der Waals surface area contributed by atoms with Gasteiger partial charge in [0.05, 0.1) is 20.6 Å². The van der Waals surface area contributed by atoms with E-state index in [1.54, 1.807) is 13.2 Å². The van der Waals surface area contributed by atoms with Gasteiger partial charge in [-0.1, -0.05) is 18.2 Å². The Morgan fingerprint density at radius 2 is 2.00 bits per heavy atom. The topological polar surface area (TPSA) is 64.6 Å². The molecule has 0 radical (unpaired) electrons. The molecule has 0 saturated carbocycles. The van der Waals surface area contributed by atoms with Crippen LogP contribution in [0, 0.1) is 0 Å². The van der Waals surface area contributed by atoms with Crippen LogP contribution in [0.5, 0.6) is 5.75 Å². The minimum absolute atomic E-state index is 0.157. The van der Waals surface area contributed by atoms with Gasteiger partial charge in [0.2, 0.25) is 5.91 Å². The van der Waals surface area contributed by atoms with Crippen molar-refractivity contribution < 1.29 is 19.1 Å². The van der Waals surface area contributed by atoms with E-state index in [0.29, 0.717) is 5.75 Å². The second kappa shape index (κ2) is 7.92. The molecule has 19 heavy (non-hydrogen) atoms. The molecule has 0 unspecified atom stereocenters. The second-order valence-corrected chi connectivity index (χ2v) is 3.69. The summed E-state index contributed by atoms with van der Waals surface area (Å²) in [7, 11) is 2.88. The molecule has 1 amide bonds. The lowest BCUT2D eigenvalue weighted by atomic mass is 10.2. The Balaban J connectivity index is 2.47. The average Bonchev–Trinajstić information content (AvgIpc) is 2.45. The van der Waals surface area contributed by atoms with Gasteiger partial charge in [0.25, 0.3) is 0 Å². The van der Waals surface area contributed by atoms with Gasteiger partial charge < -0.3 is 14.8 Å². The lowest BCUT2D eigenvalue weighted by Crippen LogP contribution is -2.24. The van der Waals surface area contributed by atoms with Crippen molar-refractivity contribution in [1.29, 1.82) is 0 Å². The minimum Gasteiger partial charge on any atom is -0.496 e. The molecule has 1 rings (SSSR count). The van der Waals surface area contributed by atoms with Crippen LogP contribution in [-0.4, -0.2) is 32.6 Å². The van der Waals surface area contributed by atoms with Gasteiger partial charge in [0, 0.05) is 18.2 Å². The van der Waals surface area contributed by atoms with Crippen molar-refractivity contribution in [3.63, 3.8) is 0 Å². The monoisotopic (exact) mass is 263 g/mol. The maximum absolute atomic E-state index is 11.5. The zero-order chi connectivity index (χ0) is 14.1. The fraction of sp³-hybridized carbons (Fsp3) is 0.286. The summed E-state index contributed by atoms with van der Waals surface area (Å²) >= 11 is 0. The highest BCUT2D eigenvalue weighted by molar-refractivity contribution is 5.92. The molecule has 0 saturated heterocycles. The van der Waals surface area contributed by atoms with Crippen LogP contribution in [0.15, 0.2) is 30.3 Å². The number of rotatable bonds is 6. The molecule has 0 spiro atoms. The lowest BCUT2D eigenvalue weighted by Gasteiger charge is -2.03. The summed E-state index contributed by atoms with van der Waals surface area (Å²) in [4.78, 5) is 22.3. The highest BCUT2D eigenvalue weighted by atomic mass is 16.5. The minimum atomic E-state index is -0.353. The van der Waals surface area contributed by atoms with Gasteiger partial charge in [0.1, 0.15) is 5.75 Å². The van der Waals surface area contributed by atoms with Crippen LogP contribution in [0.2, 0.25) is 0 Å². The number of benzene rings is 1. The summed E-state index contributed by atoms with van der Waals surface area (Å²) in [6.07, 6.45) is 3.21. The van der Waals surface area contributed by atoms with E-state index in [2.05, 4.69) is 10.1 Å². The number of para-hydroxylation sites is 1. The van der Waals surface area contributed by atoms with Crippen LogP contribution < -0.4 is 10.1 Å². The summed E-state index contributed by atoms with van der Waals surface area (Å²) in [5.74, 6) is 0.0740. The predicted molar refractivity (Wildman–Crippen MR) is 71.7 cm³/mol. The zero-order valence-electron chi connectivity index (χ0n) is 11.0. The van der Waals surface area contributed by atoms with Crippen molar-refractivity contribution in [3.8, 4) is 5.75 Å². The van der Waals surface area contributed by atoms with Gasteiger partial charge in [-0.3, -0.25) is 9.59 Å². The first-order valence-corrected chi connectivity index (χ1v) is 5.83. The van der Waals surface area contributed by atoms with Gasteiger partial charge in [-0.05, 0) is 12.1 Å². The summed E-state index contributed by atoms with van der Waals surface area (Å²) in [5.41, 5.74) is 0.813. The smallest absolute Gasteiger partial charge is 0.307 e. The first kappa shape index (κ1) is 14.8. The number of amides is 1. The standard InChI is InChI=1S/C14H17NO4/c1-18-12-6-4-3-5-11(12)7-8-13(16)15-10-9-14(17)19-2/h3-8H,9-10H2,1-2H3,(H,15,16)/b8-7+. The van der Waals surface area contributed by atoms with E-state index in [1.807, 2.05) is 24.3 Å². The Morgan fingerprint density at radius 1 is 1.26 bits per heavy atom. The van der Waals surface area contributed by atoms with E-state index in [4.69, 9.17) is 4.74 Å². The number of carbonyl (C=O) groups is 2. The van der Waals surface area contributed by atoms with Crippen LogP contribution >= 0.6 is 0 Å². The summed E-state index contributed by atoms with van der Waals surface area (Å²) in [6.45, 7) is 0.252. The van der Waals surface area contributed by atoms with Crippen molar-refractivity contribution >= 4 is 18.0 Å². The molecular formula is C14H17NO4. The molecular weight excluding hydrogens is 246 g/mol. The zero-order valence-corrected chi connectivity index (χ0v) is 11.0. The Kier molecular flexibility index (Phi) is 6.15. The molecule has 1 aromatic rings. The quantitative estimate of drug-likeness (QED) is 0.622. The van der Waals surface area contributed by atoms with E-state index in [9.17, 15) is 9.59 Å². The highest BCUT2D eigenvalue weighted by Crippen LogP contribution is 2.18. The van der Waals surface area contributed by atoms with E-state index in [-0.39, 0.29) is 24.8 Å². The Labute approximate surface area is 112 Å². The molecule has 0 aliphatic rings. The van der Waals surface area contributed by atoms with Gasteiger partial charge in [-0.25, -0.2) is 0 Å². The van der Waals surface area contributed by atoms with E-state index in [1.165, 1.54) is 13.2 Å². The van der Waals surface area contributed by atoms with Gasteiger partial charge in [0.15, 0.2) is 0 Å². The van der Waals surface area contributed by atoms with Crippen LogP contribution in [0.3, 0.4) is 0 Å². The Hall–Kier alpha value is -2.30. The number of carbonyl (C=O) groups excluding carboxylic acids is 2. The number of methoxy groups -OCH3 is 2. The van der Waals surface area contributed by atoms with E-state index < -0.39 is 0 Å². The highest BCUT2D eigenvalue weighted by Gasteiger charge is 2.02. The predicted octanol–water partition coefficient (Wildman–Crippen LogP) is 1.39. The van der Waals surface area contributed by atoms with Crippen LogP contribution in [0.1, 0.15) is 12.0 Å². The fourth-order valence-corrected chi connectivity index (χ4v) is 1.42. The number of esters is 1. The number of ether oxygens (including phenoxy) is 2. The SMILES string of the molecule is COC(=O)CCNC(=O)/C=C/c1ccccc1OC. The number of hydrogen-bond acceptors (Lipinski definition) is 4. The molecule has 0 aromatic heterocycles. The summed E-state index contributed by atoms with van der Waals surface area (Å²) < 4.78 is 9.63. The van der Waals surface area contributed by atoms with Gasteiger partial charge in [-0.15, -0.1) is 0 Å². The number of hydrogen-bond donors (Lipinski definition) is 1. The Bertz CT molecular complexity index is 468. The molecule has 0 bridgehead atoms. The molecule has 0 heterocycles. The fourth-order valence-electron chi connectivity index (χ4n) is 1.42. The van der Waals surface area contributed by atoms with Gasteiger partial charge in [-0.2, -0.15) is 0 Å². The molecule has 5 heteroatoms. The third-order valence-electron chi connectivity index (χ3n) is 2.41. The van der Waals surface area contributed by atoms with Crippen molar-refractivity contribution in [2.45, 2.75) is 6.42 Å². The van der Waals surface area contributed by atoms with Crippen LogP contribution in [0.25, 0.3) is 6.08 Å². The molecule has 1 N–H and O–H groups in total. The maximum Gasteiger partial charge on any atom is 0.307 e. The first-order chi connectivity index (χ1) is 9.17. The summed E-state index contributed by atoms with van der Waals surface area (Å²) in [5, 5.41) is 2.59. The third kappa shape index (κ3) is 5.25. The molecule has 102 valence electrons. The maximum atomic E-state index is 11.5. The van der Waals surface area contributed by atoms with E-state index >= 15 is 0 Å². The van der Waals surface area contributed by atoms with Gasteiger partial charge >= 0.3 is 5.97 Å². The molecule has 0 aliphatic carbocycles. The van der Waals surface area contributed by atoms with Crippen LogP contribution in [-0.2, 0) is 14.3 Å². The largest absolute Gasteiger partial charge is 0.496 e. The average molecular weight is 263 g/mol. The van der Waals surface area contributed by atoms with E-state index in [0.717, 1.165) is 5.56 Å². The molecule has 0 aliphatic heterocycles.